The molecule has 0 radical (unpaired) electrons. The maximum atomic E-state index is 12.9. The monoisotopic (exact) mass is 365 g/mol. The number of amides is 2. The number of benzene rings is 1. The first-order valence-electron chi connectivity index (χ1n) is 9.14. The van der Waals surface area contributed by atoms with E-state index in [1.807, 2.05) is 18.2 Å². The molecule has 1 aromatic heterocycles. The number of carbonyl (C=O) groups excluding carboxylic acids is 2. The van der Waals surface area contributed by atoms with Gasteiger partial charge in [0.2, 0.25) is 0 Å². The highest BCUT2D eigenvalue weighted by Crippen LogP contribution is 2.32. The Kier molecular flexibility index (Phi) is 6.88. The first-order valence-corrected chi connectivity index (χ1v) is 9.14. The van der Waals surface area contributed by atoms with Crippen LogP contribution in [0.4, 0.5) is 5.69 Å². The second kappa shape index (κ2) is 9.12. The van der Waals surface area contributed by atoms with Gasteiger partial charge in [0.05, 0.1) is 0 Å². The van der Waals surface area contributed by atoms with E-state index in [-0.39, 0.29) is 29.3 Å². The molecule has 0 atom stereocenters. The summed E-state index contributed by atoms with van der Waals surface area (Å²) >= 11 is 0. The van der Waals surface area contributed by atoms with Crippen molar-refractivity contribution in [1.29, 1.82) is 0 Å². The molecule has 0 saturated heterocycles. The lowest BCUT2D eigenvalue weighted by molar-refractivity contribution is 0.0953. The first-order chi connectivity index (χ1) is 12.8. The molecule has 2 N–H and O–H groups in total. The van der Waals surface area contributed by atoms with Crippen LogP contribution < -0.4 is 10.6 Å². The summed E-state index contributed by atoms with van der Waals surface area (Å²) in [5.74, 6) is -0.0477. The predicted octanol–water partition coefficient (Wildman–Crippen LogP) is 4.50. The van der Waals surface area contributed by atoms with Crippen molar-refractivity contribution in [2.24, 2.45) is 0 Å². The van der Waals surface area contributed by atoms with Crippen LogP contribution in [-0.4, -0.2) is 23.3 Å². The van der Waals surface area contributed by atoms with Crippen LogP contribution in [0.25, 0.3) is 0 Å². The number of carbonyl (C=O) groups is 2. The second-order valence-corrected chi connectivity index (χ2v) is 7.00. The molecule has 0 aliphatic rings. The van der Waals surface area contributed by atoms with Gasteiger partial charge in [-0.25, -0.2) is 0 Å². The van der Waals surface area contributed by atoms with Gasteiger partial charge in [-0.2, -0.15) is 0 Å². The third kappa shape index (κ3) is 5.03. The Morgan fingerprint density at radius 1 is 1.07 bits per heavy atom. The van der Waals surface area contributed by atoms with Crippen molar-refractivity contribution in [2.45, 2.75) is 39.5 Å². The van der Waals surface area contributed by atoms with E-state index in [1.165, 1.54) is 12.3 Å². The van der Waals surface area contributed by atoms with Gasteiger partial charge >= 0.3 is 0 Å². The van der Waals surface area contributed by atoms with Gasteiger partial charge in [0.25, 0.3) is 11.8 Å². The molecule has 0 spiro atoms. The van der Waals surface area contributed by atoms with Gasteiger partial charge in [0, 0.05) is 24.0 Å². The fourth-order valence-electron chi connectivity index (χ4n) is 2.83. The Hall–Kier alpha value is -2.95. The summed E-state index contributed by atoms with van der Waals surface area (Å²) < 4.78 is 0. The highest BCUT2D eigenvalue weighted by molar-refractivity contribution is 6.06. The fourth-order valence-corrected chi connectivity index (χ4v) is 2.83. The molecule has 27 heavy (non-hydrogen) atoms. The number of anilines is 1. The minimum absolute atomic E-state index is 0.200. The van der Waals surface area contributed by atoms with Gasteiger partial charge in [-0.15, -0.1) is 6.58 Å². The zero-order valence-electron chi connectivity index (χ0n) is 16.4. The summed E-state index contributed by atoms with van der Waals surface area (Å²) in [7, 11) is 0. The van der Waals surface area contributed by atoms with E-state index >= 15 is 0 Å². The Morgan fingerprint density at radius 2 is 1.70 bits per heavy atom. The molecule has 5 heteroatoms. The molecule has 1 aromatic carbocycles. The lowest BCUT2D eigenvalue weighted by Gasteiger charge is -2.20. The summed E-state index contributed by atoms with van der Waals surface area (Å²) in [5, 5.41) is 5.71. The molecular weight excluding hydrogens is 338 g/mol. The van der Waals surface area contributed by atoms with Crippen molar-refractivity contribution in [3.63, 3.8) is 0 Å². The highest BCUT2D eigenvalue weighted by atomic mass is 16.2. The van der Waals surface area contributed by atoms with Crippen molar-refractivity contribution in [1.82, 2.24) is 10.3 Å². The van der Waals surface area contributed by atoms with Gasteiger partial charge in [0.15, 0.2) is 0 Å². The van der Waals surface area contributed by atoms with Crippen LogP contribution in [0.5, 0.6) is 0 Å². The van der Waals surface area contributed by atoms with Crippen molar-refractivity contribution >= 4 is 17.5 Å². The average Bonchev–Trinajstić information content (AvgIpc) is 2.65. The summed E-state index contributed by atoms with van der Waals surface area (Å²) in [5.41, 5.74) is 3.62. The third-order valence-corrected chi connectivity index (χ3v) is 4.27. The minimum atomic E-state index is -0.338. The van der Waals surface area contributed by atoms with Gasteiger partial charge in [-0.1, -0.05) is 52.0 Å². The maximum absolute atomic E-state index is 12.9. The van der Waals surface area contributed by atoms with E-state index in [4.69, 9.17) is 0 Å². The van der Waals surface area contributed by atoms with Crippen LogP contribution in [0.15, 0.2) is 49.2 Å². The molecule has 0 unspecified atom stereocenters. The predicted molar refractivity (Wildman–Crippen MR) is 109 cm³/mol. The van der Waals surface area contributed by atoms with Crippen molar-refractivity contribution in [2.75, 3.05) is 11.9 Å². The van der Waals surface area contributed by atoms with Gasteiger partial charge in [-0.3, -0.25) is 14.6 Å². The van der Waals surface area contributed by atoms with Gasteiger partial charge < -0.3 is 10.6 Å². The Bertz CT molecular complexity index is 815. The number of pyridine rings is 1. The van der Waals surface area contributed by atoms with Crippen molar-refractivity contribution < 1.29 is 9.59 Å². The minimum Gasteiger partial charge on any atom is -0.347 e. The second-order valence-electron chi connectivity index (χ2n) is 7.00. The molecular formula is C22H27N3O2. The van der Waals surface area contributed by atoms with Crippen LogP contribution in [-0.2, 0) is 0 Å². The van der Waals surface area contributed by atoms with Crippen molar-refractivity contribution in [3.8, 4) is 0 Å². The van der Waals surface area contributed by atoms with E-state index < -0.39 is 0 Å². The molecule has 1 heterocycles. The van der Waals surface area contributed by atoms with Crippen LogP contribution in [0, 0.1) is 0 Å². The molecule has 5 nitrogen and oxygen atoms in total. The van der Waals surface area contributed by atoms with Crippen LogP contribution in [0.1, 0.15) is 71.5 Å². The zero-order chi connectivity index (χ0) is 20.0. The SMILES string of the molecule is C=CCNC(=O)c1cc(C(=O)Nc2c(C(C)C)cccc2C(C)C)ccn1. The lowest BCUT2D eigenvalue weighted by atomic mass is 9.92. The number of nitrogens with one attached hydrogen (secondary N) is 2. The van der Waals surface area contributed by atoms with E-state index in [0.717, 1.165) is 16.8 Å². The Morgan fingerprint density at radius 3 is 2.26 bits per heavy atom. The fraction of sp³-hybridized carbons (Fsp3) is 0.318. The van der Waals surface area contributed by atoms with Crippen LogP contribution in [0.2, 0.25) is 0 Å². The number of nitrogens with zero attached hydrogens (tertiary/aromatic N) is 1. The Balaban J connectivity index is 2.33. The lowest BCUT2D eigenvalue weighted by Crippen LogP contribution is -2.25. The molecule has 0 aliphatic heterocycles. The summed E-state index contributed by atoms with van der Waals surface area (Å²) in [6.07, 6.45) is 3.06. The zero-order valence-corrected chi connectivity index (χ0v) is 16.4. The third-order valence-electron chi connectivity index (χ3n) is 4.27. The summed E-state index contributed by atoms with van der Waals surface area (Å²) in [6, 6.07) is 9.20. The normalized spacial score (nSPS) is 10.7. The van der Waals surface area contributed by atoms with E-state index in [9.17, 15) is 9.59 Å². The van der Waals surface area contributed by atoms with Crippen LogP contribution in [0.3, 0.4) is 0 Å². The van der Waals surface area contributed by atoms with Crippen LogP contribution >= 0.6 is 0 Å². The highest BCUT2D eigenvalue weighted by Gasteiger charge is 2.18. The smallest absolute Gasteiger partial charge is 0.270 e. The molecule has 0 aliphatic carbocycles. The number of aromatic nitrogens is 1. The number of rotatable bonds is 7. The first kappa shape index (κ1) is 20.4. The Labute approximate surface area is 160 Å². The molecule has 0 saturated carbocycles. The average molecular weight is 365 g/mol. The number of hydrogen-bond acceptors (Lipinski definition) is 3. The van der Waals surface area contributed by atoms with E-state index in [1.54, 1.807) is 12.1 Å². The van der Waals surface area contributed by atoms with Gasteiger partial charge in [-0.05, 0) is 35.1 Å². The molecule has 2 rings (SSSR count). The topological polar surface area (TPSA) is 71.1 Å². The largest absolute Gasteiger partial charge is 0.347 e. The standard InChI is InChI=1S/C22H27N3O2/c1-6-11-24-22(27)19-13-16(10-12-23-19)21(26)25-20-17(14(2)3)8-7-9-18(20)15(4)5/h6-10,12-15H,1,11H2,2-5H3,(H,24,27)(H,25,26). The molecule has 2 amide bonds. The van der Waals surface area contributed by atoms with E-state index in [2.05, 4.69) is 49.9 Å². The molecule has 0 fully saturated rings. The number of hydrogen-bond donors (Lipinski definition) is 2. The maximum Gasteiger partial charge on any atom is 0.270 e. The van der Waals surface area contributed by atoms with Crippen molar-refractivity contribution in [3.05, 3.63) is 71.6 Å². The quantitative estimate of drug-likeness (QED) is 0.710. The molecule has 142 valence electrons. The number of para-hydroxylation sites is 1. The summed E-state index contributed by atoms with van der Waals surface area (Å²) in [4.78, 5) is 29.0. The van der Waals surface area contributed by atoms with E-state index in [0.29, 0.717) is 12.1 Å². The molecule has 0 bridgehead atoms. The van der Waals surface area contributed by atoms with Gasteiger partial charge in [0.1, 0.15) is 5.69 Å². The molecule has 2 aromatic rings. The summed E-state index contributed by atoms with van der Waals surface area (Å²) in [6.45, 7) is 12.3.